The Morgan fingerprint density at radius 3 is 2.04 bits per heavy atom. The Labute approximate surface area is 406 Å². The van der Waals surface area contributed by atoms with Gasteiger partial charge in [-0.05, 0) is 81.5 Å². The van der Waals surface area contributed by atoms with Crippen molar-refractivity contribution >= 4 is 47.5 Å². The summed E-state index contributed by atoms with van der Waals surface area (Å²) in [5.74, 6) is -4.09. The molecule has 3 aromatic rings. The van der Waals surface area contributed by atoms with E-state index in [1.807, 2.05) is 0 Å². The van der Waals surface area contributed by atoms with E-state index in [1.54, 1.807) is 145 Å². The first kappa shape index (κ1) is 49.7. The van der Waals surface area contributed by atoms with E-state index in [2.05, 4.69) is 0 Å². The van der Waals surface area contributed by atoms with Gasteiger partial charge in [0.15, 0.2) is 24.2 Å². The molecule has 2 aliphatic heterocycles. The lowest BCUT2D eigenvalue weighted by Gasteiger charge is -2.66. The maximum atomic E-state index is 15.7. The maximum absolute atomic E-state index is 15.7. The Morgan fingerprint density at radius 2 is 1.48 bits per heavy atom. The van der Waals surface area contributed by atoms with Crippen LogP contribution in [0.2, 0.25) is 0 Å². The molecule has 2 bridgehead atoms. The van der Waals surface area contributed by atoms with Gasteiger partial charge in [0.1, 0.15) is 40.8 Å². The van der Waals surface area contributed by atoms with Gasteiger partial charge in [-0.2, -0.15) is 11.8 Å². The fourth-order valence-corrected chi connectivity index (χ4v) is 13.0. The molecule has 2 heterocycles. The van der Waals surface area contributed by atoms with Crippen LogP contribution in [0.5, 0.6) is 5.75 Å². The number of aliphatic hydroxyl groups is 1. The largest absolute Gasteiger partial charge is 0.497 e. The molecular formula is C53H61NO14S. The maximum Gasteiger partial charge on any atom is 0.413 e. The van der Waals surface area contributed by atoms with E-state index in [0.29, 0.717) is 28.9 Å². The summed E-state index contributed by atoms with van der Waals surface area (Å²) < 4.78 is 43.5. The number of methoxy groups -OCH3 is 1. The van der Waals surface area contributed by atoms with Crippen LogP contribution in [0, 0.1) is 16.7 Å². The minimum Gasteiger partial charge on any atom is -0.497 e. The highest BCUT2D eigenvalue weighted by Crippen LogP contribution is 2.67. The average molecular weight is 968 g/mol. The summed E-state index contributed by atoms with van der Waals surface area (Å²) in [5, 5.41) is 13.7. The van der Waals surface area contributed by atoms with Crippen molar-refractivity contribution in [3.8, 4) is 5.75 Å². The van der Waals surface area contributed by atoms with Gasteiger partial charge in [0.2, 0.25) is 0 Å². The van der Waals surface area contributed by atoms with Crippen LogP contribution in [0.25, 0.3) is 0 Å². The SMILES string of the molecule is COc1ccc([C@H]2O[C@@H](C(=O)O[C@H]3C[C@@]4(O)[C@@H](OC(=O)c5ccccc5)[C@@H]5[C@]6(OC(C)=O)CS[C@@H]6CC[C@@]5(C)C(=O)[C@H](OC(C)=O)C(=C3C)C4(C)C)[C@H](c3ccccc3)N2C(=O)OC(C)(C)C)cc1. The van der Waals surface area contributed by atoms with E-state index in [4.69, 9.17) is 33.2 Å². The highest BCUT2D eigenvalue weighted by Gasteiger charge is 2.76. The number of ether oxygens (including phenoxy) is 7. The first-order chi connectivity index (χ1) is 32.5. The van der Waals surface area contributed by atoms with E-state index in [0.717, 1.165) is 0 Å². The monoisotopic (exact) mass is 967 g/mol. The molecule has 5 aliphatic rings. The number of thioether (sulfide) groups is 1. The van der Waals surface area contributed by atoms with Crippen LogP contribution in [-0.2, 0) is 47.6 Å². The van der Waals surface area contributed by atoms with Crippen LogP contribution < -0.4 is 4.74 Å². The van der Waals surface area contributed by atoms with Crippen molar-refractivity contribution in [3.63, 3.8) is 0 Å². The van der Waals surface area contributed by atoms with Crippen molar-refractivity contribution in [1.82, 2.24) is 4.90 Å². The first-order valence-corrected chi connectivity index (χ1v) is 24.3. The number of esters is 4. The van der Waals surface area contributed by atoms with Gasteiger partial charge in [-0.15, -0.1) is 0 Å². The Kier molecular flexibility index (Phi) is 13.1. The average Bonchev–Trinajstić information content (AvgIpc) is 3.70. The number of ketones is 1. The number of Topliss-reactive ketones (excluding diaryl/α,β-unsaturated/α-hetero) is 1. The smallest absolute Gasteiger partial charge is 0.413 e. The highest BCUT2D eigenvalue weighted by atomic mass is 32.2. The summed E-state index contributed by atoms with van der Waals surface area (Å²) in [7, 11) is 1.53. The van der Waals surface area contributed by atoms with Crippen molar-refractivity contribution in [1.29, 1.82) is 0 Å². The van der Waals surface area contributed by atoms with Crippen molar-refractivity contribution in [3.05, 3.63) is 113 Å². The normalized spacial score (nSPS) is 32.4. The van der Waals surface area contributed by atoms with Crippen molar-refractivity contribution in [2.24, 2.45) is 16.7 Å². The Bertz CT molecular complexity index is 2540. The summed E-state index contributed by atoms with van der Waals surface area (Å²) in [6.45, 7) is 14.4. The molecule has 3 aliphatic carbocycles. The molecule has 0 unspecified atom stereocenters. The van der Waals surface area contributed by atoms with Crippen LogP contribution in [-0.4, -0.2) is 105 Å². The van der Waals surface area contributed by atoms with Crippen molar-refractivity contribution in [2.75, 3.05) is 12.9 Å². The quantitative estimate of drug-likeness (QED) is 0.123. The molecule has 0 aromatic heterocycles. The number of carbonyl (C=O) groups is 6. The molecule has 2 saturated heterocycles. The molecule has 1 N–H and O–H groups in total. The zero-order valence-electron chi connectivity index (χ0n) is 40.6. The second kappa shape index (κ2) is 18.2. The number of carbonyl (C=O) groups excluding carboxylic acids is 6. The van der Waals surface area contributed by atoms with Crippen LogP contribution in [0.15, 0.2) is 96.1 Å². The molecule has 16 heteroatoms. The van der Waals surface area contributed by atoms with Gasteiger partial charge >= 0.3 is 30.0 Å². The van der Waals surface area contributed by atoms with E-state index in [1.165, 1.54) is 25.9 Å². The van der Waals surface area contributed by atoms with Crippen LogP contribution in [0.3, 0.4) is 0 Å². The molecule has 1 amide bonds. The molecule has 3 aromatic carbocycles. The number of fused-ring (bicyclic) bond motifs is 5. The summed E-state index contributed by atoms with van der Waals surface area (Å²) in [4.78, 5) is 87.6. The zero-order valence-corrected chi connectivity index (χ0v) is 41.5. The molecule has 11 atom stereocenters. The molecule has 4 fully saturated rings. The third kappa shape index (κ3) is 8.60. The predicted octanol–water partition coefficient (Wildman–Crippen LogP) is 8.03. The van der Waals surface area contributed by atoms with Gasteiger partial charge < -0.3 is 38.3 Å². The van der Waals surface area contributed by atoms with E-state index < -0.39 is 112 Å². The summed E-state index contributed by atoms with van der Waals surface area (Å²) in [5.41, 5.74) is -5.95. The fraction of sp³-hybridized carbons (Fsp3) is 0.509. The fourth-order valence-electron chi connectivity index (χ4n) is 11.5. The Morgan fingerprint density at radius 1 is 0.841 bits per heavy atom. The van der Waals surface area contributed by atoms with Crippen LogP contribution >= 0.6 is 11.8 Å². The highest BCUT2D eigenvalue weighted by molar-refractivity contribution is 8.01. The van der Waals surface area contributed by atoms with E-state index in [-0.39, 0.29) is 28.6 Å². The van der Waals surface area contributed by atoms with Gasteiger partial charge in [-0.1, -0.05) is 81.4 Å². The summed E-state index contributed by atoms with van der Waals surface area (Å²) >= 11 is 1.54. The van der Waals surface area contributed by atoms with Crippen molar-refractivity contribution in [2.45, 2.75) is 140 Å². The van der Waals surface area contributed by atoms with E-state index >= 15 is 9.59 Å². The lowest BCUT2D eigenvalue weighted by Crippen LogP contribution is -2.77. The second-order valence-corrected chi connectivity index (χ2v) is 21.7. The number of nitrogens with zero attached hydrogens (tertiary/aromatic N) is 1. The number of amides is 1. The van der Waals surface area contributed by atoms with Gasteiger partial charge in [0.05, 0.1) is 18.6 Å². The minimum atomic E-state index is -2.22. The van der Waals surface area contributed by atoms with Crippen molar-refractivity contribution < 1.29 is 67.0 Å². The molecule has 368 valence electrons. The summed E-state index contributed by atoms with van der Waals surface area (Å²) in [6, 6.07) is 22.8. The predicted molar refractivity (Wildman–Crippen MR) is 252 cm³/mol. The molecular weight excluding hydrogens is 907 g/mol. The van der Waals surface area contributed by atoms with Gasteiger partial charge in [-0.25, -0.2) is 14.4 Å². The molecule has 0 radical (unpaired) electrons. The van der Waals surface area contributed by atoms with Gasteiger partial charge in [-0.3, -0.25) is 19.3 Å². The number of benzene rings is 3. The lowest BCUT2D eigenvalue weighted by molar-refractivity contribution is -0.248. The van der Waals surface area contributed by atoms with Gasteiger partial charge in [0, 0.05) is 47.7 Å². The second-order valence-electron chi connectivity index (χ2n) is 20.5. The van der Waals surface area contributed by atoms with E-state index in [9.17, 15) is 24.3 Å². The minimum absolute atomic E-state index is 0.166. The molecule has 0 spiro atoms. The number of rotatable bonds is 9. The first-order valence-electron chi connectivity index (χ1n) is 23.3. The number of hydrogen-bond acceptors (Lipinski definition) is 15. The molecule has 2 saturated carbocycles. The lowest BCUT2D eigenvalue weighted by atomic mass is 9.46. The van der Waals surface area contributed by atoms with Crippen LogP contribution in [0.1, 0.15) is 115 Å². The van der Waals surface area contributed by atoms with Gasteiger partial charge in [0.25, 0.3) is 0 Å². The Balaban J connectivity index is 1.29. The third-order valence-electron chi connectivity index (χ3n) is 14.8. The molecule has 8 rings (SSSR count). The standard InChI is InChI=1S/C53H61NO14S/c1-29-36(64-47(59)41-39(32-17-13-11-14-18-32)54(48(60)68-49(4,5)6)45(65-41)33-21-23-35(62-10)24-22-33)27-53(61)44(66-46(58)34-19-15-12-16-20-34)42-51(9,26-25-37-52(42,28-69-37)67-31(3)56)43(57)40(63-30(2)55)38(29)50(53,7)8/h11-24,36-37,39-42,44-45,61H,25-28H2,1-10H3/t36-,37+,39-,40+,41+,42-,44-,45+,51+,52-,53+/m0/s1. The topological polar surface area (TPSA) is 190 Å². The molecule has 15 nitrogen and oxygen atoms in total. The third-order valence-corrected chi connectivity index (χ3v) is 16.5. The van der Waals surface area contributed by atoms with Crippen LogP contribution in [0.4, 0.5) is 4.79 Å². The summed E-state index contributed by atoms with van der Waals surface area (Å²) in [6.07, 6.45) is -7.73. The zero-order chi connectivity index (χ0) is 50.0. The number of hydrogen-bond donors (Lipinski definition) is 1. The Hall–Kier alpha value is -5.71. The molecule has 69 heavy (non-hydrogen) atoms.